The smallest absolute Gasteiger partial charge is 0.268 e. The van der Waals surface area contributed by atoms with Crippen molar-refractivity contribution in [1.82, 2.24) is 9.97 Å². The summed E-state index contributed by atoms with van der Waals surface area (Å²) in [7, 11) is 3.11. The van der Waals surface area contributed by atoms with Crippen molar-refractivity contribution >= 4 is 33.1 Å². The molecule has 0 radical (unpaired) electrons. The van der Waals surface area contributed by atoms with Crippen molar-refractivity contribution in [3.8, 4) is 17.7 Å². The average Bonchev–Trinajstić information content (AvgIpc) is 3.11. The number of carbonyl (C=O) groups is 1. The molecular weight excluding hydrogens is 416 g/mol. The summed E-state index contributed by atoms with van der Waals surface area (Å²) in [5.74, 6) is 1.42. The summed E-state index contributed by atoms with van der Waals surface area (Å²) in [6.45, 7) is 4.85. The Morgan fingerprint density at radius 3 is 2.58 bits per heavy atom. The van der Waals surface area contributed by atoms with Gasteiger partial charge in [-0.1, -0.05) is 0 Å². The van der Waals surface area contributed by atoms with E-state index in [1.54, 1.807) is 12.0 Å². The molecule has 0 aliphatic heterocycles. The minimum atomic E-state index is -0.199. The average molecular weight is 441 g/mol. The van der Waals surface area contributed by atoms with E-state index in [1.807, 2.05) is 38.1 Å². The molecule has 3 aromatic rings. The number of rotatable bonds is 9. The van der Waals surface area contributed by atoms with Crippen LogP contribution in [0.15, 0.2) is 24.3 Å². The molecule has 0 atom stereocenters. The van der Waals surface area contributed by atoms with E-state index in [-0.39, 0.29) is 25.5 Å². The van der Waals surface area contributed by atoms with E-state index in [1.165, 1.54) is 18.4 Å². The number of fused-ring (bicyclic) bond motifs is 1. The van der Waals surface area contributed by atoms with Crippen LogP contribution >= 0.6 is 11.3 Å². The van der Waals surface area contributed by atoms with Crippen LogP contribution in [0.3, 0.4) is 0 Å². The highest BCUT2D eigenvalue weighted by atomic mass is 32.1. The van der Waals surface area contributed by atoms with Gasteiger partial charge in [-0.15, -0.1) is 11.3 Å². The largest absolute Gasteiger partial charge is 0.494 e. The summed E-state index contributed by atoms with van der Waals surface area (Å²) >= 11 is 1.28. The lowest BCUT2D eigenvalue weighted by molar-refractivity contribution is 0.0991. The fraction of sp³-hybridized carbons (Fsp3) is 0.364. The van der Waals surface area contributed by atoms with Gasteiger partial charge in [-0.25, -0.2) is 4.98 Å². The van der Waals surface area contributed by atoms with Crippen LogP contribution in [0.25, 0.3) is 10.2 Å². The Bertz CT molecular complexity index is 1110. The third kappa shape index (κ3) is 4.76. The van der Waals surface area contributed by atoms with Crippen molar-refractivity contribution in [2.24, 2.45) is 0 Å². The molecule has 9 heteroatoms. The maximum Gasteiger partial charge on any atom is 0.268 e. The highest BCUT2D eigenvalue weighted by molar-refractivity contribution is 7.20. The monoisotopic (exact) mass is 440 g/mol. The number of aromatic nitrogens is 2. The van der Waals surface area contributed by atoms with Gasteiger partial charge in [0.05, 0.1) is 36.5 Å². The number of aryl methyl sites for hydroxylation is 1. The van der Waals surface area contributed by atoms with Crippen LogP contribution in [0.5, 0.6) is 11.6 Å². The van der Waals surface area contributed by atoms with Crippen molar-refractivity contribution < 1.29 is 19.0 Å². The molecule has 2 aromatic heterocycles. The molecule has 0 fully saturated rings. The molecule has 0 saturated heterocycles. The summed E-state index contributed by atoms with van der Waals surface area (Å²) in [6.07, 6.45) is 0.212. The Kier molecular flexibility index (Phi) is 7.39. The van der Waals surface area contributed by atoms with E-state index in [2.05, 4.69) is 16.0 Å². The zero-order chi connectivity index (χ0) is 22.4. The highest BCUT2D eigenvalue weighted by Crippen LogP contribution is 2.36. The van der Waals surface area contributed by atoms with Gasteiger partial charge in [0.2, 0.25) is 5.88 Å². The van der Waals surface area contributed by atoms with E-state index < -0.39 is 0 Å². The third-order valence-corrected chi connectivity index (χ3v) is 5.79. The Balaban J connectivity index is 2.04. The number of nitrogens with zero attached hydrogens (tertiary/aromatic N) is 4. The number of methoxy groups -OCH3 is 2. The van der Waals surface area contributed by atoms with Gasteiger partial charge >= 0.3 is 0 Å². The molecule has 0 N–H and O–H groups in total. The van der Waals surface area contributed by atoms with Crippen molar-refractivity contribution in [2.75, 3.05) is 32.3 Å². The summed E-state index contributed by atoms with van der Waals surface area (Å²) in [5.41, 5.74) is 1.44. The maximum atomic E-state index is 13.5. The van der Waals surface area contributed by atoms with Gasteiger partial charge in [-0.3, -0.25) is 4.79 Å². The van der Waals surface area contributed by atoms with Gasteiger partial charge in [0.1, 0.15) is 17.2 Å². The lowest BCUT2D eigenvalue weighted by Gasteiger charge is -2.22. The summed E-state index contributed by atoms with van der Waals surface area (Å²) in [4.78, 5) is 25.3. The maximum absolute atomic E-state index is 13.5. The lowest BCUT2D eigenvalue weighted by Crippen LogP contribution is -2.31. The van der Waals surface area contributed by atoms with Crippen molar-refractivity contribution in [3.05, 3.63) is 40.5 Å². The molecule has 0 unspecified atom stereocenters. The van der Waals surface area contributed by atoms with Crippen molar-refractivity contribution in [1.29, 1.82) is 5.26 Å². The molecule has 3 rings (SSSR count). The minimum Gasteiger partial charge on any atom is -0.494 e. The first-order valence-corrected chi connectivity index (χ1v) is 10.6. The molecule has 1 amide bonds. The predicted octanol–water partition coefficient (Wildman–Crippen LogP) is 4.11. The second-order valence-electron chi connectivity index (χ2n) is 6.61. The standard InChI is InChI=1S/C22H24N4O4S/c1-5-30-16-9-7-15(8-10-16)26(12-6-11-23)22(27)19-14(2)18-20(29-4)24-17(13-28-3)25-21(18)31-19/h7-10H,5-6,12-13H2,1-4H3. The Hall–Kier alpha value is -3.22. The predicted molar refractivity (Wildman–Crippen MR) is 119 cm³/mol. The van der Waals surface area contributed by atoms with Crippen LogP contribution in [0.4, 0.5) is 5.69 Å². The van der Waals surface area contributed by atoms with Crippen LogP contribution in [-0.2, 0) is 11.3 Å². The zero-order valence-electron chi connectivity index (χ0n) is 18.0. The molecule has 8 nitrogen and oxygen atoms in total. The molecular formula is C22H24N4O4S. The van der Waals surface area contributed by atoms with E-state index in [0.717, 1.165) is 11.3 Å². The molecule has 2 heterocycles. The summed E-state index contributed by atoms with van der Waals surface area (Å²) in [5, 5.41) is 9.81. The Labute approximate surface area is 185 Å². The number of hydrogen-bond donors (Lipinski definition) is 0. The Morgan fingerprint density at radius 2 is 1.97 bits per heavy atom. The van der Waals surface area contributed by atoms with Gasteiger partial charge in [-0.05, 0) is 43.7 Å². The topological polar surface area (TPSA) is 97.6 Å². The first-order chi connectivity index (χ1) is 15.0. The van der Waals surface area contributed by atoms with Crippen molar-refractivity contribution in [3.63, 3.8) is 0 Å². The van der Waals surface area contributed by atoms with E-state index >= 15 is 0 Å². The summed E-state index contributed by atoms with van der Waals surface area (Å²) < 4.78 is 16.1. The van der Waals surface area contributed by atoms with Gasteiger partial charge in [0.15, 0.2) is 5.82 Å². The number of hydrogen-bond acceptors (Lipinski definition) is 8. The second kappa shape index (κ2) is 10.2. The molecule has 0 saturated carbocycles. The first-order valence-electron chi connectivity index (χ1n) is 9.78. The van der Waals surface area contributed by atoms with Gasteiger partial charge in [0, 0.05) is 19.3 Å². The number of thiophene rings is 1. The lowest BCUT2D eigenvalue weighted by atomic mass is 10.1. The van der Waals surface area contributed by atoms with Crippen molar-refractivity contribution in [2.45, 2.75) is 26.9 Å². The van der Waals surface area contributed by atoms with E-state index in [0.29, 0.717) is 39.1 Å². The molecule has 0 spiro atoms. The van der Waals surface area contributed by atoms with Gasteiger partial charge in [-0.2, -0.15) is 10.2 Å². The molecule has 0 aliphatic carbocycles. The number of benzene rings is 1. The van der Waals surface area contributed by atoms with Crippen LogP contribution in [-0.4, -0.2) is 43.2 Å². The molecule has 162 valence electrons. The van der Waals surface area contributed by atoms with Crippen LogP contribution < -0.4 is 14.4 Å². The van der Waals surface area contributed by atoms with Crippen LogP contribution in [0, 0.1) is 18.3 Å². The SMILES string of the molecule is CCOc1ccc(N(CCC#N)C(=O)c2sc3nc(COC)nc(OC)c3c2C)cc1. The number of carbonyl (C=O) groups excluding carboxylic acids is 1. The number of anilines is 1. The third-order valence-electron chi connectivity index (χ3n) is 4.62. The number of amides is 1. The molecule has 0 aliphatic rings. The fourth-order valence-electron chi connectivity index (χ4n) is 3.21. The van der Waals surface area contributed by atoms with Crippen LogP contribution in [0.2, 0.25) is 0 Å². The minimum absolute atomic E-state index is 0.199. The fourth-order valence-corrected chi connectivity index (χ4v) is 4.35. The number of ether oxygens (including phenoxy) is 3. The summed E-state index contributed by atoms with van der Waals surface area (Å²) in [6, 6.07) is 9.38. The number of nitriles is 1. The first kappa shape index (κ1) is 22.5. The molecule has 1 aromatic carbocycles. The molecule has 31 heavy (non-hydrogen) atoms. The van der Waals surface area contributed by atoms with Gasteiger partial charge < -0.3 is 19.1 Å². The van der Waals surface area contributed by atoms with Crippen LogP contribution in [0.1, 0.15) is 34.4 Å². The quantitative estimate of drug-likeness (QED) is 0.494. The highest BCUT2D eigenvalue weighted by Gasteiger charge is 2.25. The second-order valence-corrected chi connectivity index (χ2v) is 7.61. The van der Waals surface area contributed by atoms with Gasteiger partial charge in [0.25, 0.3) is 5.91 Å². The molecule has 0 bridgehead atoms. The normalized spacial score (nSPS) is 10.7. The zero-order valence-corrected chi connectivity index (χ0v) is 18.8. The Morgan fingerprint density at radius 1 is 1.23 bits per heavy atom. The van der Waals surface area contributed by atoms with E-state index in [9.17, 15) is 4.79 Å². The van der Waals surface area contributed by atoms with E-state index in [4.69, 9.17) is 19.5 Å².